The Morgan fingerprint density at radius 2 is 1.79 bits per heavy atom. The fourth-order valence-electron chi connectivity index (χ4n) is 3.67. The number of hydrogen-bond donors (Lipinski definition) is 2. The number of piperidine rings is 1. The molecule has 2 aliphatic heterocycles. The van der Waals surface area contributed by atoms with Gasteiger partial charge in [0.15, 0.2) is 0 Å². The van der Waals surface area contributed by atoms with Crippen LogP contribution in [0.25, 0.3) is 0 Å². The fourth-order valence-corrected chi connectivity index (χ4v) is 3.67. The van der Waals surface area contributed by atoms with Gasteiger partial charge in [-0.2, -0.15) is 0 Å². The third-order valence-corrected chi connectivity index (χ3v) is 5.18. The van der Waals surface area contributed by atoms with Crippen molar-refractivity contribution in [2.45, 2.75) is 45.6 Å². The minimum absolute atomic E-state index is 0.00156. The lowest BCUT2D eigenvalue weighted by atomic mass is 9.77. The first-order chi connectivity index (χ1) is 11.5. The van der Waals surface area contributed by atoms with Crippen LogP contribution < -0.4 is 10.6 Å². The summed E-state index contributed by atoms with van der Waals surface area (Å²) in [5.74, 6) is 0.0822. The van der Waals surface area contributed by atoms with Crippen LogP contribution >= 0.6 is 0 Å². The molecule has 0 aromatic heterocycles. The number of amides is 2. The molecule has 0 saturated carbocycles. The summed E-state index contributed by atoms with van der Waals surface area (Å²) >= 11 is 0. The Bertz CT molecular complexity index is 604. The van der Waals surface area contributed by atoms with Crippen LogP contribution in [0.3, 0.4) is 0 Å². The van der Waals surface area contributed by atoms with Gasteiger partial charge in [0.2, 0.25) is 5.91 Å². The summed E-state index contributed by atoms with van der Waals surface area (Å²) in [5, 5.41) is 6.30. The van der Waals surface area contributed by atoms with Gasteiger partial charge in [-0.15, -0.1) is 0 Å². The summed E-state index contributed by atoms with van der Waals surface area (Å²) in [5.41, 5.74) is 1.38. The average Bonchev–Trinajstić information content (AvgIpc) is 3.09. The van der Waals surface area contributed by atoms with E-state index in [9.17, 15) is 9.59 Å². The molecule has 3 rings (SSSR count). The molecule has 130 valence electrons. The van der Waals surface area contributed by atoms with Crippen LogP contribution in [-0.2, 0) is 4.79 Å². The molecule has 2 amide bonds. The van der Waals surface area contributed by atoms with E-state index in [0.29, 0.717) is 5.56 Å². The van der Waals surface area contributed by atoms with Gasteiger partial charge in [0.05, 0.1) is 6.04 Å². The van der Waals surface area contributed by atoms with Gasteiger partial charge in [-0.25, -0.2) is 0 Å². The SMILES string of the molecule is CC1(C)CCCNC1C(=O)Nc1ccc(C(=O)N2CCCC2)cc1. The Hall–Kier alpha value is -1.88. The second-order valence-electron chi connectivity index (χ2n) is 7.55. The molecule has 1 unspecified atom stereocenters. The van der Waals surface area contributed by atoms with Crippen molar-refractivity contribution in [3.63, 3.8) is 0 Å². The van der Waals surface area contributed by atoms with Crippen LogP contribution in [-0.4, -0.2) is 42.4 Å². The first kappa shape index (κ1) is 17.0. The highest BCUT2D eigenvalue weighted by Crippen LogP contribution is 2.30. The van der Waals surface area contributed by atoms with Crippen molar-refractivity contribution in [1.82, 2.24) is 10.2 Å². The average molecular weight is 329 g/mol. The second kappa shape index (κ2) is 6.93. The molecule has 1 aromatic rings. The molecule has 5 nitrogen and oxygen atoms in total. The van der Waals surface area contributed by atoms with Crippen molar-refractivity contribution >= 4 is 17.5 Å². The highest BCUT2D eigenvalue weighted by molar-refractivity contribution is 5.97. The van der Waals surface area contributed by atoms with Crippen molar-refractivity contribution in [1.29, 1.82) is 0 Å². The largest absolute Gasteiger partial charge is 0.339 e. The van der Waals surface area contributed by atoms with Crippen molar-refractivity contribution < 1.29 is 9.59 Å². The molecule has 5 heteroatoms. The first-order valence-corrected chi connectivity index (χ1v) is 8.91. The van der Waals surface area contributed by atoms with Gasteiger partial charge in [0.1, 0.15) is 0 Å². The number of hydrogen-bond acceptors (Lipinski definition) is 3. The van der Waals surface area contributed by atoms with Gasteiger partial charge in [-0.3, -0.25) is 9.59 Å². The van der Waals surface area contributed by atoms with Gasteiger partial charge in [0.25, 0.3) is 5.91 Å². The molecule has 2 aliphatic rings. The number of likely N-dealkylation sites (tertiary alicyclic amines) is 1. The lowest BCUT2D eigenvalue weighted by Gasteiger charge is -2.38. The maximum atomic E-state index is 12.6. The van der Waals surface area contributed by atoms with Crippen molar-refractivity contribution in [2.24, 2.45) is 5.41 Å². The first-order valence-electron chi connectivity index (χ1n) is 8.91. The molecular weight excluding hydrogens is 302 g/mol. The topological polar surface area (TPSA) is 61.4 Å². The lowest BCUT2D eigenvalue weighted by molar-refractivity contribution is -0.121. The van der Waals surface area contributed by atoms with E-state index >= 15 is 0 Å². The summed E-state index contributed by atoms with van der Waals surface area (Å²) in [6.45, 7) is 6.83. The van der Waals surface area contributed by atoms with E-state index in [0.717, 1.165) is 51.0 Å². The number of rotatable bonds is 3. The Morgan fingerprint density at radius 1 is 1.12 bits per heavy atom. The van der Waals surface area contributed by atoms with Crippen LogP contribution in [0.1, 0.15) is 49.9 Å². The van der Waals surface area contributed by atoms with E-state index in [-0.39, 0.29) is 23.3 Å². The summed E-state index contributed by atoms with van der Waals surface area (Å²) in [6, 6.07) is 7.05. The van der Waals surface area contributed by atoms with Crippen LogP contribution in [0.15, 0.2) is 24.3 Å². The molecule has 1 atom stereocenters. The molecule has 0 bridgehead atoms. The summed E-state index contributed by atoms with van der Waals surface area (Å²) in [4.78, 5) is 26.8. The third kappa shape index (κ3) is 3.61. The van der Waals surface area contributed by atoms with Crippen LogP contribution in [0.4, 0.5) is 5.69 Å². The van der Waals surface area contributed by atoms with E-state index in [1.807, 2.05) is 17.0 Å². The maximum Gasteiger partial charge on any atom is 0.253 e. The highest BCUT2D eigenvalue weighted by Gasteiger charge is 2.37. The Kier molecular flexibility index (Phi) is 4.90. The number of carbonyl (C=O) groups is 2. The minimum atomic E-state index is -0.183. The predicted molar refractivity (Wildman–Crippen MR) is 95.0 cm³/mol. The molecule has 2 heterocycles. The van der Waals surface area contributed by atoms with E-state index in [4.69, 9.17) is 0 Å². The summed E-state index contributed by atoms with van der Waals surface area (Å²) in [7, 11) is 0. The van der Waals surface area contributed by atoms with E-state index < -0.39 is 0 Å². The molecule has 24 heavy (non-hydrogen) atoms. The monoisotopic (exact) mass is 329 g/mol. The molecule has 2 saturated heterocycles. The maximum absolute atomic E-state index is 12.6. The number of anilines is 1. The van der Waals surface area contributed by atoms with Crippen LogP contribution in [0.2, 0.25) is 0 Å². The zero-order chi connectivity index (χ0) is 17.2. The quantitative estimate of drug-likeness (QED) is 0.896. The Balaban J connectivity index is 1.63. The van der Waals surface area contributed by atoms with Crippen molar-refractivity contribution in [3.05, 3.63) is 29.8 Å². The van der Waals surface area contributed by atoms with Gasteiger partial charge in [-0.05, 0) is 61.9 Å². The number of nitrogens with one attached hydrogen (secondary N) is 2. The zero-order valence-corrected chi connectivity index (χ0v) is 14.6. The molecular formula is C19H27N3O2. The number of nitrogens with zero attached hydrogens (tertiary/aromatic N) is 1. The predicted octanol–water partition coefficient (Wildman–Crippen LogP) is 2.64. The van der Waals surface area contributed by atoms with E-state index in [1.54, 1.807) is 12.1 Å². The van der Waals surface area contributed by atoms with E-state index in [2.05, 4.69) is 24.5 Å². The van der Waals surface area contributed by atoms with E-state index in [1.165, 1.54) is 0 Å². The highest BCUT2D eigenvalue weighted by atomic mass is 16.2. The minimum Gasteiger partial charge on any atom is -0.339 e. The number of benzene rings is 1. The molecule has 0 spiro atoms. The third-order valence-electron chi connectivity index (χ3n) is 5.18. The van der Waals surface area contributed by atoms with Gasteiger partial charge < -0.3 is 15.5 Å². The van der Waals surface area contributed by atoms with Gasteiger partial charge in [-0.1, -0.05) is 13.8 Å². The molecule has 2 N–H and O–H groups in total. The normalized spacial score (nSPS) is 23.1. The zero-order valence-electron chi connectivity index (χ0n) is 14.6. The second-order valence-corrected chi connectivity index (χ2v) is 7.55. The molecule has 0 aliphatic carbocycles. The van der Waals surface area contributed by atoms with Crippen LogP contribution in [0, 0.1) is 5.41 Å². The van der Waals surface area contributed by atoms with Crippen LogP contribution in [0.5, 0.6) is 0 Å². The van der Waals surface area contributed by atoms with Gasteiger partial charge >= 0.3 is 0 Å². The molecule has 1 aromatic carbocycles. The summed E-state index contributed by atoms with van der Waals surface area (Å²) in [6.07, 6.45) is 4.32. The summed E-state index contributed by atoms with van der Waals surface area (Å²) < 4.78 is 0. The van der Waals surface area contributed by atoms with Gasteiger partial charge in [0, 0.05) is 24.3 Å². The standard InChI is InChI=1S/C19H27N3O2/c1-19(2)10-5-11-20-16(19)17(23)21-15-8-6-14(7-9-15)18(24)22-12-3-4-13-22/h6-9,16,20H,3-5,10-13H2,1-2H3,(H,21,23). The lowest BCUT2D eigenvalue weighted by Crippen LogP contribution is -2.53. The number of carbonyl (C=O) groups excluding carboxylic acids is 2. The van der Waals surface area contributed by atoms with Crippen molar-refractivity contribution in [2.75, 3.05) is 25.0 Å². The Labute approximate surface area is 143 Å². The fraction of sp³-hybridized carbons (Fsp3) is 0.579. The Morgan fingerprint density at radius 3 is 2.42 bits per heavy atom. The van der Waals surface area contributed by atoms with Crippen molar-refractivity contribution in [3.8, 4) is 0 Å². The molecule has 2 fully saturated rings. The molecule has 0 radical (unpaired) electrons. The smallest absolute Gasteiger partial charge is 0.253 e.